The molecule has 0 saturated heterocycles. The van der Waals surface area contributed by atoms with Gasteiger partial charge in [-0.3, -0.25) is 9.67 Å². The van der Waals surface area contributed by atoms with E-state index in [1.807, 2.05) is 30.8 Å². The monoisotopic (exact) mass is 343 g/mol. The van der Waals surface area contributed by atoms with Crippen LogP contribution in [0, 0.1) is 19.7 Å². The van der Waals surface area contributed by atoms with Crippen molar-refractivity contribution < 1.29 is 4.39 Å². The van der Waals surface area contributed by atoms with E-state index in [-0.39, 0.29) is 11.2 Å². The molecular formula is C19H26FN5. The van der Waals surface area contributed by atoms with Crippen LogP contribution in [0.25, 0.3) is 0 Å². The number of benzene rings is 1. The average Bonchev–Trinajstić information content (AvgIpc) is 3.33. The van der Waals surface area contributed by atoms with E-state index in [0.29, 0.717) is 13.1 Å². The largest absolute Gasteiger partial charge is 0.356 e. The molecule has 5 nitrogen and oxygen atoms in total. The molecule has 0 bridgehead atoms. The smallest absolute Gasteiger partial charge is 0.191 e. The molecule has 0 radical (unpaired) electrons. The number of nitrogens with one attached hydrogen (secondary N) is 2. The maximum Gasteiger partial charge on any atom is 0.191 e. The highest BCUT2D eigenvalue weighted by Gasteiger charge is 2.45. The first-order valence-electron chi connectivity index (χ1n) is 8.65. The summed E-state index contributed by atoms with van der Waals surface area (Å²) in [4.78, 5) is 4.29. The van der Waals surface area contributed by atoms with Crippen LogP contribution in [0.4, 0.5) is 4.39 Å². The van der Waals surface area contributed by atoms with Crippen molar-refractivity contribution in [3.63, 3.8) is 0 Å². The van der Waals surface area contributed by atoms with E-state index in [2.05, 4.69) is 27.6 Å². The number of aryl methyl sites for hydroxylation is 2. The summed E-state index contributed by atoms with van der Waals surface area (Å²) in [6, 6.07) is 7.07. The molecule has 3 rings (SSSR count). The van der Waals surface area contributed by atoms with Gasteiger partial charge in [-0.25, -0.2) is 4.39 Å². The maximum absolute atomic E-state index is 14.1. The third-order valence-corrected chi connectivity index (χ3v) is 5.21. The fourth-order valence-corrected chi connectivity index (χ4v) is 3.30. The number of rotatable bonds is 5. The van der Waals surface area contributed by atoms with Gasteiger partial charge in [0, 0.05) is 43.9 Å². The molecule has 0 aliphatic heterocycles. The molecule has 1 aromatic carbocycles. The molecule has 1 aliphatic rings. The molecular weight excluding hydrogens is 317 g/mol. The lowest BCUT2D eigenvalue weighted by Gasteiger charge is -2.19. The Balaban J connectivity index is 1.61. The quantitative estimate of drug-likeness (QED) is 0.648. The lowest BCUT2D eigenvalue weighted by atomic mass is 9.95. The zero-order chi connectivity index (χ0) is 18.0. The molecule has 1 aromatic heterocycles. The minimum Gasteiger partial charge on any atom is -0.356 e. The van der Waals surface area contributed by atoms with Crippen LogP contribution in [0.3, 0.4) is 0 Å². The molecule has 0 atom stereocenters. The molecule has 1 heterocycles. The lowest BCUT2D eigenvalue weighted by Crippen LogP contribution is -2.41. The number of hydrogen-bond acceptors (Lipinski definition) is 2. The first-order chi connectivity index (χ1) is 12.0. The van der Waals surface area contributed by atoms with Crippen molar-refractivity contribution >= 4 is 5.96 Å². The van der Waals surface area contributed by atoms with Gasteiger partial charge in [-0.05, 0) is 38.3 Å². The number of aliphatic imine (C=N–C) groups is 1. The van der Waals surface area contributed by atoms with E-state index >= 15 is 0 Å². The van der Waals surface area contributed by atoms with E-state index in [9.17, 15) is 4.39 Å². The molecule has 1 saturated carbocycles. The second-order valence-electron chi connectivity index (χ2n) is 6.81. The van der Waals surface area contributed by atoms with Crippen molar-refractivity contribution in [2.45, 2.75) is 38.6 Å². The van der Waals surface area contributed by atoms with Gasteiger partial charge in [0.05, 0.1) is 5.69 Å². The van der Waals surface area contributed by atoms with Gasteiger partial charge in [0.1, 0.15) is 5.82 Å². The SMILES string of the molecule is CN=C(NCc1c(C)nn(C)c1C)NCC1(c2ccccc2F)CC1. The van der Waals surface area contributed by atoms with Crippen LogP contribution >= 0.6 is 0 Å². The highest BCUT2D eigenvalue weighted by atomic mass is 19.1. The summed E-state index contributed by atoms with van der Waals surface area (Å²) in [6.07, 6.45) is 2.00. The second kappa shape index (κ2) is 6.86. The summed E-state index contributed by atoms with van der Waals surface area (Å²) in [5.41, 5.74) is 4.04. The van der Waals surface area contributed by atoms with E-state index in [4.69, 9.17) is 0 Å². The number of nitrogens with zero attached hydrogens (tertiary/aromatic N) is 3. The van der Waals surface area contributed by atoms with Crippen molar-refractivity contribution in [1.82, 2.24) is 20.4 Å². The summed E-state index contributed by atoms with van der Waals surface area (Å²) in [7, 11) is 3.70. The topological polar surface area (TPSA) is 54.2 Å². The molecule has 1 fully saturated rings. The molecule has 25 heavy (non-hydrogen) atoms. The van der Waals surface area contributed by atoms with Crippen LogP contribution in [-0.4, -0.2) is 29.3 Å². The summed E-state index contributed by atoms with van der Waals surface area (Å²) in [5, 5.41) is 11.1. The van der Waals surface area contributed by atoms with Gasteiger partial charge in [-0.2, -0.15) is 5.10 Å². The van der Waals surface area contributed by atoms with Gasteiger partial charge in [-0.1, -0.05) is 18.2 Å². The molecule has 2 N–H and O–H groups in total. The highest BCUT2D eigenvalue weighted by molar-refractivity contribution is 5.79. The average molecular weight is 343 g/mol. The van der Waals surface area contributed by atoms with Gasteiger partial charge in [0.15, 0.2) is 5.96 Å². The summed E-state index contributed by atoms with van der Waals surface area (Å²) >= 11 is 0. The first kappa shape index (κ1) is 17.5. The summed E-state index contributed by atoms with van der Waals surface area (Å²) in [5.74, 6) is 0.608. The van der Waals surface area contributed by atoms with Crippen LogP contribution in [0.15, 0.2) is 29.3 Å². The molecule has 0 spiro atoms. The number of guanidine groups is 1. The van der Waals surface area contributed by atoms with Gasteiger partial charge >= 0.3 is 0 Å². The van der Waals surface area contributed by atoms with Crippen molar-refractivity contribution in [3.8, 4) is 0 Å². The summed E-state index contributed by atoms with van der Waals surface area (Å²) < 4.78 is 16.0. The van der Waals surface area contributed by atoms with Crippen molar-refractivity contribution in [3.05, 3.63) is 52.6 Å². The predicted octanol–water partition coefficient (Wildman–Crippen LogP) is 2.57. The molecule has 0 amide bonds. The number of hydrogen-bond donors (Lipinski definition) is 2. The van der Waals surface area contributed by atoms with Gasteiger partial charge in [0.2, 0.25) is 0 Å². The number of aromatic nitrogens is 2. The zero-order valence-corrected chi connectivity index (χ0v) is 15.4. The van der Waals surface area contributed by atoms with Crippen LogP contribution < -0.4 is 10.6 Å². The van der Waals surface area contributed by atoms with E-state index < -0.39 is 0 Å². The molecule has 1 aliphatic carbocycles. The standard InChI is InChI=1S/C19H26FN5/c1-13-15(14(2)25(4)24-13)11-22-18(21-3)23-12-19(9-10-19)16-7-5-6-8-17(16)20/h5-8H,9-12H2,1-4H3,(H2,21,22,23). The van der Waals surface area contributed by atoms with E-state index in [1.165, 1.54) is 11.6 Å². The van der Waals surface area contributed by atoms with E-state index in [0.717, 1.165) is 35.8 Å². The third-order valence-electron chi connectivity index (χ3n) is 5.21. The minimum absolute atomic E-state index is 0.108. The molecule has 2 aromatic rings. The Morgan fingerprint density at radius 3 is 2.56 bits per heavy atom. The van der Waals surface area contributed by atoms with E-state index in [1.54, 1.807) is 13.1 Å². The Labute approximate surface area is 148 Å². The van der Waals surface area contributed by atoms with Gasteiger partial charge < -0.3 is 10.6 Å². The zero-order valence-electron chi connectivity index (χ0n) is 15.4. The van der Waals surface area contributed by atoms with Gasteiger partial charge in [-0.15, -0.1) is 0 Å². The first-order valence-corrected chi connectivity index (χ1v) is 8.65. The Bertz CT molecular complexity index is 789. The molecule has 134 valence electrons. The van der Waals surface area contributed by atoms with Crippen LogP contribution in [0.5, 0.6) is 0 Å². The Morgan fingerprint density at radius 2 is 2.00 bits per heavy atom. The minimum atomic E-state index is -0.119. The van der Waals surface area contributed by atoms with Crippen molar-refractivity contribution in [1.29, 1.82) is 0 Å². The van der Waals surface area contributed by atoms with Crippen LogP contribution in [0.1, 0.15) is 35.4 Å². The Morgan fingerprint density at radius 1 is 1.28 bits per heavy atom. The fraction of sp³-hybridized carbons (Fsp3) is 0.474. The third kappa shape index (κ3) is 3.52. The Hall–Kier alpha value is -2.37. The fourth-order valence-electron chi connectivity index (χ4n) is 3.30. The normalized spacial score (nSPS) is 16.0. The van der Waals surface area contributed by atoms with Crippen molar-refractivity contribution in [2.24, 2.45) is 12.0 Å². The predicted molar refractivity (Wildman–Crippen MR) is 98.2 cm³/mol. The second-order valence-corrected chi connectivity index (χ2v) is 6.81. The van der Waals surface area contributed by atoms with Crippen LogP contribution in [-0.2, 0) is 19.0 Å². The highest BCUT2D eigenvalue weighted by Crippen LogP contribution is 2.48. The maximum atomic E-state index is 14.1. The molecule has 6 heteroatoms. The van der Waals surface area contributed by atoms with Gasteiger partial charge in [0.25, 0.3) is 0 Å². The number of halogens is 1. The molecule has 0 unspecified atom stereocenters. The summed E-state index contributed by atoms with van der Waals surface area (Å²) in [6.45, 7) is 5.42. The lowest BCUT2D eigenvalue weighted by molar-refractivity contribution is 0.559. The Kier molecular flexibility index (Phi) is 4.79. The van der Waals surface area contributed by atoms with Crippen molar-refractivity contribution in [2.75, 3.05) is 13.6 Å². The van der Waals surface area contributed by atoms with Crippen LogP contribution in [0.2, 0.25) is 0 Å².